The molecule has 0 radical (unpaired) electrons. The molecule has 1 fully saturated rings. The molecular weight excluding hydrogens is 380 g/mol. The molecule has 1 aromatic rings. The highest BCUT2D eigenvalue weighted by atomic mass is 16.5. The maximum atomic E-state index is 12.5. The fourth-order valence-corrected chi connectivity index (χ4v) is 3.43. The number of aliphatic hydroxyl groups excluding tert-OH is 1. The van der Waals surface area contributed by atoms with Crippen LogP contribution in [-0.2, 0) is 20.7 Å². The molecule has 2 N–H and O–H groups in total. The van der Waals surface area contributed by atoms with Crippen molar-refractivity contribution >= 4 is 11.9 Å². The van der Waals surface area contributed by atoms with Gasteiger partial charge in [-0.3, -0.25) is 14.9 Å². The van der Waals surface area contributed by atoms with Crippen molar-refractivity contribution in [3.05, 3.63) is 48.7 Å². The zero-order chi connectivity index (χ0) is 21.6. The van der Waals surface area contributed by atoms with E-state index in [1.54, 1.807) is 4.90 Å². The van der Waals surface area contributed by atoms with E-state index in [1.165, 1.54) is 0 Å². The van der Waals surface area contributed by atoms with Crippen molar-refractivity contribution in [3.63, 3.8) is 0 Å². The van der Waals surface area contributed by atoms with E-state index < -0.39 is 6.10 Å². The molecule has 1 aliphatic heterocycles. The van der Waals surface area contributed by atoms with Gasteiger partial charge in [-0.25, -0.2) is 0 Å². The van der Waals surface area contributed by atoms with Crippen LogP contribution in [0.5, 0.6) is 0 Å². The van der Waals surface area contributed by atoms with E-state index >= 15 is 0 Å². The van der Waals surface area contributed by atoms with Gasteiger partial charge in [0, 0.05) is 25.8 Å². The number of hydrogen-bond acceptors (Lipinski definition) is 5. The smallest absolute Gasteiger partial charge is 0.310 e. The van der Waals surface area contributed by atoms with Gasteiger partial charge >= 0.3 is 5.97 Å². The number of likely N-dealkylation sites (tertiary alicyclic amines) is 1. The van der Waals surface area contributed by atoms with Crippen LogP contribution < -0.4 is 5.32 Å². The summed E-state index contributed by atoms with van der Waals surface area (Å²) >= 11 is 0. The third-order valence-corrected chi connectivity index (χ3v) is 4.99. The third kappa shape index (κ3) is 8.81. The summed E-state index contributed by atoms with van der Waals surface area (Å²) in [5.74, 6) is 5.87. The number of carbonyl (C=O) groups is 2. The van der Waals surface area contributed by atoms with Gasteiger partial charge in [0.25, 0.3) is 0 Å². The van der Waals surface area contributed by atoms with Crippen molar-refractivity contribution in [2.45, 2.75) is 63.6 Å². The Kier molecular flexibility index (Phi) is 10.7. The average molecular weight is 413 g/mol. The number of nitrogens with one attached hydrogen (secondary N) is 1. The Hall–Kier alpha value is -2.62. The van der Waals surface area contributed by atoms with Crippen molar-refractivity contribution < 1.29 is 19.4 Å². The SMILES string of the molecule is C=COC(=O)CCCC#CCN1C(=O)CCCCC1NCC(O)Cc1ccccc1. The number of aliphatic hydroxyl groups is 1. The molecule has 1 amide bonds. The zero-order valence-electron chi connectivity index (χ0n) is 17.5. The Labute approximate surface area is 179 Å². The first kappa shape index (κ1) is 23.7. The average Bonchev–Trinajstić information content (AvgIpc) is 2.91. The van der Waals surface area contributed by atoms with Crippen LogP contribution in [-0.4, -0.2) is 47.2 Å². The Bertz CT molecular complexity index is 739. The van der Waals surface area contributed by atoms with Gasteiger partial charge in [0.2, 0.25) is 5.91 Å². The number of unbranched alkanes of at least 4 members (excludes halogenated alkanes) is 1. The standard InChI is InChI=1S/C24H32N2O4/c1-2-30-24(29)16-8-3-4-11-17-26-22(14-9-10-15-23(26)28)25-19-21(27)18-20-12-6-5-7-13-20/h2,5-7,12-13,21-22,25,27H,1,3,8-10,14-19H2. The molecule has 1 heterocycles. The summed E-state index contributed by atoms with van der Waals surface area (Å²) < 4.78 is 4.66. The second-order valence-corrected chi connectivity index (χ2v) is 7.40. The Morgan fingerprint density at radius 2 is 2.13 bits per heavy atom. The first-order chi connectivity index (χ1) is 14.6. The van der Waals surface area contributed by atoms with Gasteiger partial charge in [0.1, 0.15) is 0 Å². The predicted molar refractivity (Wildman–Crippen MR) is 116 cm³/mol. The molecule has 1 saturated heterocycles. The van der Waals surface area contributed by atoms with Gasteiger partial charge in [-0.1, -0.05) is 42.8 Å². The lowest BCUT2D eigenvalue weighted by molar-refractivity contribution is -0.138. The number of nitrogens with zero attached hydrogens (tertiary/aromatic N) is 1. The topological polar surface area (TPSA) is 78.9 Å². The van der Waals surface area contributed by atoms with E-state index in [1.807, 2.05) is 30.3 Å². The number of benzene rings is 1. The lowest BCUT2D eigenvalue weighted by atomic mass is 10.1. The molecule has 1 aliphatic rings. The summed E-state index contributed by atoms with van der Waals surface area (Å²) in [6.45, 7) is 4.12. The van der Waals surface area contributed by atoms with Crippen LogP contribution in [0.2, 0.25) is 0 Å². The minimum Gasteiger partial charge on any atom is -0.435 e. The molecule has 2 rings (SSSR count). The van der Waals surface area contributed by atoms with E-state index in [4.69, 9.17) is 0 Å². The van der Waals surface area contributed by atoms with Gasteiger partial charge in [-0.2, -0.15) is 0 Å². The van der Waals surface area contributed by atoms with Crippen LogP contribution in [0.1, 0.15) is 50.5 Å². The van der Waals surface area contributed by atoms with Crippen LogP contribution in [0.4, 0.5) is 0 Å². The first-order valence-corrected chi connectivity index (χ1v) is 10.6. The van der Waals surface area contributed by atoms with Gasteiger partial charge in [-0.15, -0.1) is 5.92 Å². The van der Waals surface area contributed by atoms with Crippen LogP contribution in [0.25, 0.3) is 0 Å². The summed E-state index contributed by atoms with van der Waals surface area (Å²) in [5, 5.41) is 13.7. The van der Waals surface area contributed by atoms with Gasteiger partial charge in [-0.05, 0) is 37.7 Å². The van der Waals surface area contributed by atoms with E-state index in [0.29, 0.717) is 45.2 Å². The summed E-state index contributed by atoms with van der Waals surface area (Å²) in [5.41, 5.74) is 1.09. The Morgan fingerprint density at radius 1 is 1.33 bits per heavy atom. The van der Waals surface area contributed by atoms with Crippen LogP contribution in [0.3, 0.4) is 0 Å². The monoisotopic (exact) mass is 412 g/mol. The molecule has 2 atom stereocenters. The normalized spacial score (nSPS) is 17.4. The number of hydrogen-bond donors (Lipinski definition) is 2. The Morgan fingerprint density at radius 3 is 2.90 bits per heavy atom. The van der Waals surface area contributed by atoms with Crippen molar-refractivity contribution in [1.29, 1.82) is 0 Å². The minimum absolute atomic E-state index is 0.0893. The molecule has 6 nitrogen and oxygen atoms in total. The zero-order valence-corrected chi connectivity index (χ0v) is 17.5. The summed E-state index contributed by atoms with van der Waals surface area (Å²) in [6.07, 6.45) is 5.75. The molecule has 162 valence electrons. The maximum Gasteiger partial charge on any atom is 0.310 e. The second-order valence-electron chi connectivity index (χ2n) is 7.40. The largest absolute Gasteiger partial charge is 0.435 e. The Balaban J connectivity index is 1.82. The number of carbonyl (C=O) groups excluding carboxylic acids is 2. The lowest BCUT2D eigenvalue weighted by Crippen LogP contribution is -2.50. The number of amides is 1. The minimum atomic E-state index is -0.519. The van der Waals surface area contributed by atoms with Crippen LogP contribution >= 0.6 is 0 Å². The van der Waals surface area contributed by atoms with Crippen molar-refractivity contribution in [2.24, 2.45) is 0 Å². The summed E-state index contributed by atoms with van der Waals surface area (Å²) in [7, 11) is 0. The molecule has 0 aliphatic carbocycles. The molecule has 1 aromatic carbocycles. The quantitative estimate of drug-likeness (QED) is 0.267. The molecule has 6 heteroatoms. The third-order valence-electron chi connectivity index (χ3n) is 4.99. The lowest BCUT2D eigenvalue weighted by Gasteiger charge is -2.30. The molecule has 0 saturated carbocycles. The van der Waals surface area contributed by atoms with Crippen molar-refractivity contribution in [3.8, 4) is 11.8 Å². The van der Waals surface area contributed by atoms with E-state index in [9.17, 15) is 14.7 Å². The molecule has 2 unspecified atom stereocenters. The van der Waals surface area contributed by atoms with Crippen LogP contribution in [0, 0.1) is 11.8 Å². The fourth-order valence-electron chi connectivity index (χ4n) is 3.43. The molecule has 0 bridgehead atoms. The first-order valence-electron chi connectivity index (χ1n) is 10.6. The number of esters is 1. The van der Waals surface area contributed by atoms with Crippen molar-refractivity contribution in [1.82, 2.24) is 10.2 Å². The maximum absolute atomic E-state index is 12.5. The predicted octanol–water partition coefficient (Wildman–Crippen LogP) is 2.77. The highest BCUT2D eigenvalue weighted by Gasteiger charge is 2.25. The van der Waals surface area contributed by atoms with Crippen LogP contribution in [0.15, 0.2) is 43.2 Å². The van der Waals surface area contributed by atoms with Crippen molar-refractivity contribution in [2.75, 3.05) is 13.1 Å². The van der Waals surface area contributed by atoms with E-state index in [-0.39, 0.29) is 18.0 Å². The highest BCUT2D eigenvalue weighted by Crippen LogP contribution is 2.16. The van der Waals surface area contributed by atoms with E-state index in [0.717, 1.165) is 31.1 Å². The van der Waals surface area contributed by atoms with Gasteiger partial charge in [0.15, 0.2) is 0 Å². The second kappa shape index (κ2) is 13.6. The highest BCUT2D eigenvalue weighted by molar-refractivity contribution is 5.77. The van der Waals surface area contributed by atoms with E-state index in [2.05, 4.69) is 28.5 Å². The molecule has 0 aromatic heterocycles. The summed E-state index contributed by atoms with van der Waals surface area (Å²) in [6, 6.07) is 9.87. The summed E-state index contributed by atoms with van der Waals surface area (Å²) in [4.78, 5) is 25.6. The molecule has 0 spiro atoms. The number of ether oxygens (including phenoxy) is 1. The van der Waals surface area contributed by atoms with Gasteiger partial charge in [0.05, 0.1) is 25.1 Å². The number of rotatable bonds is 10. The molecular formula is C24H32N2O4. The van der Waals surface area contributed by atoms with Gasteiger partial charge < -0.3 is 14.7 Å². The fraction of sp³-hybridized carbons (Fsp3) is 0.500. The molecule has 30 heavy (non-hydrogen) atoms.